The summed E-state index contributed by atoms with van der Waals surface area (Å²) in [5.41, 5.74) is 7.58. The number of pyridine rings is 1. The molecule has 7 heteroatoms. The lowest BCUT2D eigenvalue weighted by Gasteiger charge is -1.94. The van der Waals surface area contributed by atoms with E-state index in [-0.39, 0.29) is 0 Å². The number of H-pyrrole nitrogens is 1. The molecule has 0 aromatic carbocycles. The van der Waals surface area contributed by atoms with Crippen LogP contribution in [0.1, 0.15) is 0 Å². The van der Waals surface area contributed by atoms with E-state index >= 15 is 0 Å². The molecule has 0 aliphatic carbocycles. The number of nitrogens with two attached hydrogens (primary N) is 1. The fourth-order valence-electron chi connectivity index (χ4n) is 1.59. The molecule has 0 aliphatic rings. The van der Waals surface area contributed by atoms with Gasteiger partial charge >= 0.3 is 0 Å². The highest BCUT2D eigenvalue weighted by molar-refractivity contribution is 9.10. The van der Waals surface area contributed by atoms with Crippen LogP contribution in [0.2, 0.25) is 0 Å². The van der Waals surface area contributed by atoms with Crippen molar-refractivity contribution in [3.63, 3.8) is 0 Å². The Morgan fingerprint density at radius 3 is 2.68 bits per heavy atom. The molecule has 0 saturated heterocycles. The second-order valence-electron chi connectivity index (χ2n) is 3.81. The van der Waals surface area contributed by atoms with Crippen LogP contribution in [0.15, 0.2) is 29.1 Å². The number of nitrogens with zero attached hydrogens (tertiary/aromatic N) is 2. The van der Waals surface area contributed by atoms with Crippen LogP contribution in [-0.2, 0) is 0 Å². The topological polar surface area (TPSA) is 79.6 Å². The molecule has 5 nitrogen and oxygen atoms in total. The van der Waals surface area contributed by atoms with Gasteiger partial charge in [-0.2, -0.15) is 0 Å². The Morgan fingerprint density at radius 2 is 2.05 bits per heavy atom. The number of nitrogen functional groups attached to an aromatic ring is 1. The molecule has 4 N–H and O–H groups in total. The first-order valence-electron chi connectivity index (χ1n) is 5.58. The summed E-state index contributed by atoms with van der Waals surface area (Å²) in [6.45, 7) is 0. The fourth-order valence-corrected chi connectivity index (χ4v) is 2.64. The molecular weight excluding hydrogens is 326 g/mol. The third-order valence-electron chi connectivity index (χ3n) is 2.29. The molecule has 0 spiro atoms. The normalized spacial score (nSPS) is 10.3. The molecule has 0 aliphatic heterocycles. The maximum absolute atomic E-state index is 5.63. The van der Waals surface area contributed by atoms with Crippen LogP contribution in [0, 0.1) is 0 Å². The molecule has 3 rings (SSSR count). The van der Waals surface area contributed by atoms with Crippen molar-refractivity contribution in [1.29, 1.82) is 0 Å². The lowest BCUT2D eigenvalue weighted by atomic mass is 10.2. The van der Waals surface area contributed by atoms with Crippen molar-refractivity contribution in [2.24, 2.45) is 0 Å². The van der Waals surface area contributed by atoms with Crippen molar-refractivity contribution in [1.82, 2.24) is 20.3 Å². The number of aromatic nitrogens is 3. The first kappa shape index (κ1) is 14.0. The second-order valence-corrected chi connectivity index (χ2v) is 5.79. The van der Waals surface area contributed by atoms with E-state index in [0.29, 0.717) is 5.13 Å². The van der Waals surface area contributed by atoms with Crippen LogP contribution in [0.25, 0.3) is 21.5 Å². The van der Waals surface area contributed by atoms with E-state index < -0.39 is 0 Å². The van der Waals surface area contributed by atoms with Crippen LogP contribution in [-0.4, -0.2) is 29.0 Å². The lowest BCUT2D eigenvalue weighted by Crippen LogP contribution is -1.89. The van der Waals surface area contributed by atoms with Gasteiger partial charge in [-0.05, 0) is 36.1 Å². The van der Waals surface area contributed by atoms with Gasteiger partial charge < -0.3 is 16.0 Å². The van der Waals surface area contributed by atoms with Crippen molar-refractivity contribution >= 4 is 43.4 Å². The molecule has 3 aromatic rings. The molecule has 0 unspecified atom stereocenters. The number of halogens is 1. The van der Waals surface area contributed by atoms with Crippen molar-refractivity contribution in [2.45, 2.75) is 0 Å². The maximum atomic E-state index is 5.63. The number of thiazole rings is 1. The number of rotatable bonds is 1. The smallest absolute Gasteiger partial charge is 0.180 e. The molecule has 0 radical (unpaired) electrons. The molecule has 0 amide bonds. The molecule has 0 bridgehead atoms. The highest BCUT2D eigenvalue weighted by atomic mass is 79.9. The zero-order valence-corrected chi connectivity index (χ0v) is 13.0. The Labute approximate surface area is 123 Å². The minimum atomic E-state index is 0.576. The molecule has 0 atom stereocenters. The van der Waals surface area contributed by atoms with Crippen LogP contribution in [0.4, 0.5) is 5.13 Å². The summed E-state index contributed by atoms with van der Waals surface area (Å²) >= 11 is 4.89. The zero-order chi connectivity index (χ0) is 13.8. The highest BCUT2D eigenvalue weighted by Gasteiger charge is 2.09. The number of aromatic amines is 1. The summed E-state index contributed by atoms with van der Waals surface area (Å²) in [5, 5.41) is 4.39. The Kier molecular flexibility index (Phi) is 4.52. The summed E-state index contributed by atoms with van der Waals surface area (Å²) in [7, 11) is 3.75. The van der Waals surface area contributed by atoms with Gasteiger partial charge in [-0.25, -0.2) is 9.97 Å². The monoisotopic (exact) mass is 339 g/mol. The van der Waals surface area contributed by atoms with Gasteiger partial charge in [0.05, 0.1) is 4.88 Å². The highest BCUT2D eigenvalue weighted by Crippen LogP contribution is 2.33. The van der Waals surface area contributed by atoms with Crippen molar-refractivity contribution in [3.8, 4) is 10.4 Å². The molecular formula is C12H14BrN5S. The number of anilines is 1. The van der Waals surface area contributed by atoms with E-state index in [4.69, 9.17) is 5.73 Å². The zero-order valence-electron chi connectivity index (χ0n) is 10.6. The van der Waals surface area contributed by atoms with E-state index in [0.717, 1.165) is 25.9 Å². The Hall–Kier alpha value is -1.44. The quantitative estimate of drug-likeness (QED) is 0.636. The van der Waals surface area contributed by atoms with Gasteiger partial charge in [0.15, 0.2) is 5.13 Å². The third-order valence-corrected chi connectivity index (χ3v) is 3.58. The summed E-state index contributed by atoms with van der Waals surface area (Å²) in [5.74, 6) is 0. The van der Waals surface area contributed by atoms with Crippen molar-refractivity contribution < 1.29 is 0 Å². The summed E-state index contributed by atoms with van der Waals surface area (Å²) in [6, 6.07) is 2.03. The maximum Gasteiger partial charge on any atom is 0.180 e. The average Bonchev–Trinajstić information content (AvgIpc) is 2.95. The molecule has 3 aromatic heterocycles. The second kappa shape index (κ2) is 6.14. The van der Waals surface area contributed by atoms with Crippen LogP contribution < -0.4 is 11.1 Å². The predicted octanol–water partition coefficient (Wildman–Crippen LogP) is 2.87. The number of hydrogen-bond donors (Lipinski definition) is 3. The predicted molar refractivity (Wildman–Crippen MR) is 84.3 cm³/mol. The largest absolute Gasteiger partial charge is 0.375 e. The SMILES string of the molecule is CNC.Nc1ncc(-c2c[nH]c3ncc(Br)cc23)s1. The fraction of sp³-hybridized carbons (Fsp3) is 0.167. The molecule has 100 valence electrons. The first-order valence-corrected chi connectivity index (χ1v) is 7.19. The van der Waals surface area contributed by atoms with E-state index in [9.17, 15) is 0 Å². The van der Waals surface area contributed by atoms with Gasteiger partial charge in [0.1, 0.15) is 5.65 Å². The van der Waals surface area contributed by atoms with Crippen molar-refractivity contribution in [3.05, 3.63) is 29.1 Å². The first-order chi connectivity index (χ1) is 9.15. The van der Waals surface area contributed by atoms with E-state index in [1.807, 2.05) is 26.4 Å². The standard InChI is InChI=1S/C10H7BrN4S.C2H7N/c11-5-1-6-7(3-14-9(6)13-2-5)8-4-15-10(12)16-8;1-3-2/h1-4H,(H2,12,15)(H,13,14);3H,1-2H3. The third kappa shape index (κ3) is 3.12. The molecule has 19 heavy (non-hydrogen) atoms. The van der Waals surface area contributed by atoms with E-state index in [1.54, 1.807) is 12.4 Å². The number of hydrogen-bond acceptors (Lipinski definition) is 5. The van der Waals surface area contributed by atoms with E-state index in [1.165, 1.54) is 11.3 Å². The van der Waals surface area contributed by atoms with Gasteiger partial charge in [0.2, 0.25) is 0 Å². The van der Waals surface area contributed by atoms with Crippen LogP contribution in [0.5, 0.6) is 0 Å². The Bertz CT molecular complexity index is 676. The van der Waals surface area contributed by atoms with Gasteiger partial charge in [-0.1, -0.05) is 11.3 Å². The molecule has 3 heterocycles. The van der Waals surface area contributed by atoms with Gasteiger partial charge in [0, 0.05) is 34.0 Å². The van der Waals surface area contributed by atoms with Gasteiger partial charge in [-0.3, -0.25) is 0 Å². The lowest BCUT2D eigenvalue weighted by molar-refractivity contribution is 1.02. The average molecular weight is 340 g/mol. The van der Waals surface area contributed by atoms with Crippen LogP contribution >= 0.6 is 27.3 Å². The number of fused-ring (bicyclic) bond motifs is 1. The van der Waals surface area contributed by atoms with Crippen molar-refractivity contribution in [2.75, 3.05) is 19.8 Å². The Balaban J connectivity index is 0.000000408. The Morgan fingerprint density at radius 1 is 1.32 bits per heavy atom. The summed E-state index contributed by atoms with van der Waals surface area (Å²) in [6.07, 6.45) is 5.48. The van der Waals surface area contributed by atoms with Gasteiger partial charge in [0.25, 0.3) is 0 Å². The molecule has 0 saturated carbocycles. The minimum Gasteiger partial charge on any atom is -0.375 e. The van der Waals surface area contributed by atoms with Gasteiger partial charge in [-0.15, -0.1) is 0 Å². The minimum absolute atomic E-state index is 0.576. The van der Waals surface area contributed by atoms with E-state index in [2.05, 4.69) is 36.2 Å². The molecule has 0 fully saturated rings. The summed E-state index contributed by atoms with van der Waals surface area (Å²) < 4.78 is 0.957. The number of nitrogens with one attached hydrogen (secondary N) is 2. The summed E-state index contributed by atoms with van der Waals surface area (Å²) in [4.78, 5) is 12.5. The van der Waals surface area contributed by atoms with Crippen LogP contribution in [0.3, 0.4) is 0 Å².